The molecule has 0 saturated carbocycles. The Morgan fingerprint density at radius 3 is 2.57 bits per heavy atom. The number of benzene rings is 1. The highest BCUT2D eigenvalue weighted by atomic mass is 16.5. The van der Waals surface area contributed by atoms with E-state index in [-0.39, 0.29) is 0 Å². The summed E-state index contributed by atoms with van der Waals surface area (Å²) in [4.78, 5) is 16.5. The van der Waals surface area contributed by atoms with Gasteiger partial charge in [0.2, 0.25) is 0 Å². The number of imidazole rings is 1. The lowest BCUT2D eigenvalue weighted by Gasteiger charge is -2.06. The molecule has 2 aromatic heterocycles. The van der Waals surface area contributed by atoms with Crippen molar-refractivity contribution in [3.05, 3.63) is 54.4 Å². The van der Waals surface area contributed by atoms with E-state index in [4.69, 9.17) is 9.47 Å². The summed E-state index contributed by atoms with van der Waals surface area (Å²) in [7, 11) is 2.90. The van der Waals surface area contributed by atoms with Crippen LogP contribution < -0.4 is 4.74 Å². The molecule has 3 aromatic rings. The molecule has 0 aliphatic rings. The molecule has 0 unspecified atom stereocenters. The highest BCUT2D eigenvalue weighted by Gasteiger charge is 2.15. The van der Waals surface area contributed by atoms with Crippen molar-refractivity contribution in [2.75, 3.05) is 14.2 Å². The van der Waals surface area contributed by atoms with Crippen molar-refractivity contribution in [1.29, 1.82) is 0 Å². The predicted octanol–water partition coefficient (Wildman–Crippen LogP) is 2.80. The average Bonchev–Trinajstić information content (AvgIpc) is 2.97. The summed E-state index contributed by atoms with van der Waals surface area (Å²) in [5.74, 6) is 0.129. The second-order valence-electron chi connectivity index (χ2n) is 4.49. The summed E-state index contributed by atoms with van der Waals surface area (Å²) in [6, 6.07) is 13.2. The minimum Gasteiger partial charge on any atom is -0.497 e. The van der Waals surface area contributed by atoms with Gasteiger partial charge in [-0.2, -0.15) is 0 Å². The molecule has 0 fully saturated rings. The largest absolute Gasteiger partial charge is 0.497 e. The molecule has 0 saturated heterocycles. The summed E-state index contributed by atoms with van der Waals surface area (Å²) in [5, 5.41) is 0. The van der Waals surface area contributed by atoms with Gasteiger partial charge in [0.05, 0.1) is 19.9 Å². The van der Waals surface area contributed by atoms with Crippen molar-refractivity contribution in [1.82, 2.24) is 9.38 Å². The molecule has 2 heterocycles. The summed E-state index contributed by atoms with van der Waals surface area (Å²) in [6.07, 6.45) is 1.82. The van der Waals surface area contributed by atoms with Gasteiger partial charge in [-0.1, -0.05) is 30.3 Å². The van der Waals surface area contributed by atoms with Gasteiger partial charge in [-0.25, -0.2) is 9.78 Å². The Balaban J connectivity index is 2.22. The number of hydrogen-bond acceptors (Lipinski definition) is 4. The Bertz CT molecular complexity index is 794. The van der Waals surface area contributed by atoms with Crippen LogP contribution in [0.15, 0.2) is 48.7 Å². The molecule has 0 N–H and O–H groups in total. The third-order valence-electron chi connectivity index (χ3n) is 3.24. The summed E-state index contributed by atoms with van der Waals surface area (Å²) < 4.78 is 11.7. The Morgan fingerprint density at radius 1 is 1.14 bits per heavy atom. The molecule has 1 aromatic carbocycles. The van der Waals surface area contributed by atoms with E-state index in [9.17, 15) is 4.79 Å². The maximum atomic E-state index is 11.9. The smallest absolute Gasteiger partial charge is 0.355 e. The number of esters is 1. The SMILES string of the molecule is COC(=O)c1cc(OC)cc2nc(-c3ccccc3)cn12. The first kappa shape index (κ1) is 13.2. The second kappa shape index (κ2) is 5.28. The first-order chi connectivity index (χ1) is 10.2. The fraction of sp³-hybridized carbons (Fsp3) is 0.125. The molecular formula is C16H14N2O3. The lowest BCUT2D eigenvalue weighted by molar-refractivity contribution is 0.0592. The molecule has 0 aliphatic carbocycles. The highest BCUT2D eigenvalue weighted by Crippen LogP contribution is 2.23. The molecule has 0 bridgehead atoms. The zero-order valence-electron chi connectivity index (χ0n) is 11.7. The van der Waals surface area contributed by atoms with Gasteiger partial charge >= 0.3 is 5.97 Å². The van der Waals surface area contributed by atoms with Crippen LogP contribution in [0.1, 0.15) is 10.5 Å². The molecule has 0 spiro atoms. The van der Waals surface area contributed by atoms with Crippen molar-refractivity contribution in [2.24, 2.45) is 0 Å². The summed E-state index contributed by atoms with van der Waals surface area (Å²) in [5.41, 5.74) is 2.78. The maximum absolute atomic E-state index is 11.9. The van der Waals surface area contributed by atoms with Gasteiger partial charge in [0.25, 0.3) is 0 Å². The highest BCUT2D eigenvalue weighted by molar-refractivity contribution is 5.89. The van der Waals surface area contributed by atoms with Crippen molar-refractivity contribution < 1.29 is 14.3 Å². The number of ether oxygens (including phenoxy) is 2. The number of carbonyl (C=O) groups excluding carboxylic acids is 1. The number of methoxy groups -OCH3 is 2. The predicted molar refractivity (Wildman–Crippen MR) is 78.5 cm³/mol. The van der Waals surface area contributed by atoms with Crippen LogP contribution in [0.4, 0.5) is 0 Å². The van der Waals surface area contributed by atoms with E-state index in [2.05, 4.69) is 4.98 Å². The van der Waals surface area contributed by atoms with Crippen LogP contribution in [0, 0.1) is 0 Å². The summed E-state index contributed by atoms with van der Waals surface area (Å²) in [6.45, 7) is 0. The van der Waals surface area contributed by atoms with Crippen LogP contribution in [-0.4, -0.2) is 29.6 Å². The minimum absolute atomic E-state index is 0.376. The molecule has 106 valence electrons. The molecule has 5 nitrogen and oxygen atoms in total. The molecule has 0 amide bonds. The zero-order valence-corrected chi connectivity index (χ0v) is 11.7. The molecule has 0 aliphatic heterocycles. The number of carbonyl (C=O) groups is 1. The van der Waals surface area contributed by atoms with Crippen molar-refractivity contribution in [3.63, 3.8) is 0 Å². The number of aromatic nitrogens is 2. The molecule has 0 radical (unpaired) electrons. The van der Waals surface area contributed by atoms with E-state index in [0.29, 0.717) is 17.1 Å². The zero-order chi connectivity index (χ0) is 14.8. The lowest BCUT2D eigenvalue weighted by Crippen LogP contribution is -2.07. The third-order valence-corrected chi connectivity index (χ3v) is 3.24. The van der Waals surface area contributed by atoms with Gasteiger partial charge in [-0.15, -0.1) is 0 Å². The van der Waals surface area contributed by atoms with Gasteiger partial charge in [0.15, 0.2) is 0 Å². The van der Waals surface area contributed by atoms with E-state index in [1.807, 2.05) is 36.5 Å². The monoisotopic (exact) mass is 282 g/mol. The Kier molecular flexibility index (Phi) is 3.31. The number of fused-ring (bicyclic) bond motifs is 1. The molecule has 0 atom stereocenters. The topological polar surface area (TPSA) is 52.8 Å². The van der Waals surface area contributed by atoms with Gasteiger partial charge < -0.3 is 9.47 Å². The first-order valence-electron chi connectivity index (χ1n) is 6.44. The van der Waals surface area contributed by atoms with E-state index in [1.165, 1.54) is 7.11 Å². The standard InChI is InChI=1S/C16H14N2O3/c1-20-12-8-14(16(19)21-2)18-10-13(17-15(18)9-12)11-6-4-3-5-7-11/h3-10H,1-2H3. The van der Waals surface area contributed by atoms with Gasteiger partial charge in [0, 0.05) is 23.9 Å². The van der Waals surface area contributed by atoms with E-state index >= 15 is 0 Å². The lowest BCUT2D eigenvalue weighted by atomic mass is 10.2. The van der Waals surface area contributed by atoms with Gasteiger partial charge in [-0.3, -0.25) is 4.40 Å². The van der Waals surface area contributed by atoms with E-state index in [0.717, 1.165) is 11.3 Å². The molecule has 5 heteroatoms. The average molecular weight is 282 g/mol. The quantitative estimate of drug-likeness (QED) is 0.693. The van der Waals surface area contributed by atoms with Crippen LogP contribution in [0.25, 0.3) is 16.9 Å². The molecular weight excluding hydrogens is 268 g/mol. The van der Waals surface area contributed by atoms with Gasteiger partial charge in [0.1, 0.15) is 17.1 Å². The third kappa shape index (κ3) is 2.33. The number of rotatable bonds is 3. The number of pyridine rings is 1. The number of hydrogen-bond donors (Lipinski definition) is 0. The Hall–Kier alpha value is -2.82. The minimum atomic E-state index is -0.434. The van der Waals surface area contributed by atoms with Crippen LogP contribution >= 0.6 is 0 Å². The Labute approximate surface area is 121 Å². The fourth-order valence-electron chi connectivity index (χ4n) is 2.19. The van der Waals surface area contributed by atoms with Crippen molar-refractivity contribution in [3.8, 4) is 17.0 Å². The number of nitrogens with zero attached hydrogens (tertiary/aromatic N) is 2. The van der Waals surface area contributed by atoms with Crippen molar-refractivity contribution >= 4 is 11.6 Å². The van der Waals surface area contributed by atoms with Crippen LogP contribution in [0.2, 0.25) is 0 Å². The summed E-state index contributed by atoms with van der Waals surface area (Å²) >= 11 is 0. The molecule has 3 rings (SSSR count). The van der Waals surface area contributed by atoms with Crippen LogP contribution in [0.3, 0.4) is 0 Å². The van der Waals surface area contributed by atoms with E-state index in [1.54, 1.807) is 23.6 Å². The van der Waals surface area contributed by atoms with Crippen LogP contribution in [-0.2, 0) is 4.74 Å². The van der Waals surface area contributed by atoms with Gasteiger partial charge in [-0.05, 0) is 0 Å². The molecule has 21 heavy (non-hydrogen) atoms. The van der Waals surface area contributed by atoms with Crippen LogP contribution in [0.5, 0.6) is 5.75 Å². The second-order valence-corrected chi connectivity index (χ2v) is 4.49. The maximum Gasteiger partial charge on any atom is 0.355 e. The van der Waals surface area contributed by atoms with Crippen molar-refractivity contribution in [2.45, 2.75) is 0 Å². The Morgan fingerprint density at radius 2 is 1.90 bits per heavy atom. The fourth-order valence-corrected chi connectivity index (χ4v) is 2.19. The van der Waals surface area contributed by atoms with E-state index < -0.39 is 5.97 Å². The first-order valence-corrected chi connectivity index (χ1v) is 6.44. The normalized spacial score (nSPS) is 10.6.